The van der Waals surface area contributed by atoms with Crippen LogP contribution in [-0.2, 0) is 9.59 Å². The van der Waals surface area contributed by atoms with Gasteiger partial charge in [0.1, 0.15) is 11.3 Å². The predicted octanol–water partition coefficient (Wildman–Crippen LogP) is 5.48. The molecule has 0 aliphatic carbocycles. The molecule has 2 amide bonds. The summed E-state index contributed by atoms with van der Waals surface area (Å²) in [5.74, 6) is -0.369. The molecule has 0 radical (unpaired) electrons. The summed E-state index contributed by atoms with van der Waals surface area (Å²) in [6.07, 6.45) is -0.894. The van der Waals surface area contributed by atoms with Crippen molar-refractivity contribution >= 4 is 45.8 Å². The zero-order valence-electron chi connectivity index (χ0n) is 18.4. The normalized spacial score (nSPS) is 11.6. The van der Waals surface area contributed by atoms with E-state index in [0.29, 0.717) is 27.9 Å². The first kappa shape index (κ1) is 23.1. The summed E-state index contributed by atoms with van der Waals surface area (Å²) in [6, 6.07) is 20.7. The molecule has 0 bridgehead atoms. The van der Waals surface area contributed by atoms with Crippen molar-refractivity contribution in [2.24, 2.45) is 0 Å². The lowest BCUT2D eigenvalue weighted by Crippen LogP contribution is -2.30. The number of hydrogen-bond acceptors (Lipinski definition) is 5. The molecule has 34 heavy (non-hydrogen) atoms. The molecule has 1 unspecified atom stereocenters. The van der Waals surface area contributed by atoms with Crippen molar-refractivity contribution in [3.05, 3.63) is 88.2 Å². The van der Waals surface area contributed by atoms with Crippen molar-refractivity contribution in [3.8, 4) is 16.9 Å². The van der Waals surface area contributed by atoms with Crippen molar-refractivity contribution in [3.63, 3.8) is 0 Å². The second-order valence-corrected chi connectivity index (χ2v) is 8.04. The first-order chi connectivity index (χ1) is 16.3. The van der Waals surface area contributed by atoms with E-state index < -0.39 is 17.6 Å². The second-order valence-electron chi connectivity index (χ2n) is 7.63. The van der Waals surface area contributed by atoms with Gasteiger partial charge in [0.2, 0.25) is 5.91 Å². The van der Waals surface area contributed by atoms with Crippen LogP contribution in [0.1, 0.15) is 13.8 Å². The highest BCUT2D eigenvalue weighted by Gasteiger charge is 2.19. The average Bonchev–Trinajstić information content (AvgIpc) is 2.81. The third-order valence-corrected chi connectivity index (χ3v) is 5.32. The molecule has 0 aliphatic rings. The maximum atomic E-state index is 12.6. The van der Waals surface area contributed by atoms with Gasteiger partial charge in [0, 0.05) is 35.8 Å². The molecule has 2 N–H and O–H groups in total. The number of halogens is 1. The van der Waals surface area contributed by atoms with E-state index in [-0.39, 0.29) is 16.7 Å². The molecule has 1 aromatic heterocycles. The SMILES string of the molecule is CC(=O)Nc1ccc(NC(=O)C(C)Oc2cc3oc(=O)cc(-c4ccccc4)c3cc2Cl)cc1. The fourth-order valence-corrected chi connectivity index (χ4v) is 3.65. The van der Waals surface area contributed by atoms with E-state index in [1.807, 2.05) is 30.3 Å². The predicted molar refractivity (Wildman–Crippen MR) is 132 cm³/mol. The van der Waals surface area contributed by atoms with Crippen molar-refractivity contribution in [2.75, 3.05) is 10.6 Å². The van der Waals surface area contributed by atoms with E-state index in [0.717, 1.165) is 5.56 Å². The van der Waals surface area contributed by atoms with Crippen molar-refractivity contribution in [1.82, 2.24) is 0 Å². The monoisotopic (exact) mass is 476 g/mol. The largest absolute Gasteiger partial charge is 0.479 e. The molecular formula is C26H21ClN2O5. The van der Waals surface area contributed by atoms with E-state index >= 15 is 0 Å². The smallest absolute Gasteiger partial charge is 0.336 e. The topological polar surface area (TPSA) is 97.6 Å². The summed E-state index contributed by atoms with van der Waals surface area (Å²) in [5, 5.41) is 6.33. The van der Waals surface area contributed by atoms with E-state index in [1.165, 1.54) is 19.1 Å². The standard InChI is InChI=1S/C26H21ClN2O5/c1-15(26(32)29-19-10-8-18(9-11-19)28-16(2)30)33-24-14-23-21(12-22(24)27)20(13-25(31)34-23)17-6-4-3-5-7-17/h3-15H,1-2H3,(H,28,30)(H,29,32). The molecule has 0 aliphatic heterocycles. The van der Waals surface area contributed by atoms with Gasteiger partial charge < -0.3 is 19.8 Å². The van der Waals surface area contributed by atoms with Crippen LogP contribution >= 0.6 is 11.6 Å². The first-order valence-corrected chi connectivity index (χ1v) is 10.9. The fourth-order valence-electron chi connectivity index (χ4n) is 3.44. The minimum absolute atomic E-state index is 0.183. The summed E-state index contributed by atoms with van der Waals surface area (Å²) in [4.78, 5) is 35.9. The van der Waals surface area contributed by atoms with Gasteiger partial charge in [0.05, 0.1) is 5.02 Å². The summed E-state index contributed by atoms with van der Waals surface area (Å²) in [7, 11) is 0. The number of rotatable bonds is 6. The number of nitrogens with one attached hydrogen (secondary N) is 2. The Labute approximate surface area is 200 Å². The second kappa shape index (κ2) is 9.80. The third-order valence-electron chi connectivity index (χ3n) is 5.03. The van der Waals surface area contributed by atoms with Crippen LogP contribution in [0.4, 0.5) is 11.4 Å². The molecular weight excluding hydrogens is 456 g/mol. The van der Waals surface area contributed by atoms with Gasteiger partial charge in [-0.15, -0.1) is 0 Å². The van der Waals surface area contributed by atoms with Crippen LogP contribution in [0.25, 0.3) is 22.1 Å². The van der Waals surface area contributed by atoms with Gasteiger partial charge in [0.25, 0.3) is 5.91 Å². The molecule has 1 atom stereocenters. The fraction of sp³-hybridized carbons (Fsp3) is 0.115. The number of anilines is 2. The molecule has 3 aromatic carbocycles. The maximum absolute atomic E-state index is 12.6. The van der Waals surface area contributed by atoms with Crippen LogP contribution < -0.4 is 21.0 Å². The number of hydrogen-bond donors (Lipinski definition) is 2. The van der Waals surface area contributed by atoms with Gasteiger partial charge in [-0.3, -0.25) is 9.59 Å². The lowest BCUT2D eigenvalue weighted by atomic mass is 10.0. The number of amides is 2. The average molecular weight is 477 g/mol. The Balaban J connectivity index is 1.54. The summed E-state index contributed by atoms with van der Waals surface area (Å²) in [6.45, 7) is 3.00. The maximum Gasteiger partial charge on any atom is 0.336 e. The summed E-state index contributed by atoms with van der Waals surface area (Å²) >= 11 is 6.46. The number of benzene rings is 3. The van der Waals surface area contributed by atoms with Gasteiger partial charge in [-0.25, -0.2) is 4.79 Å². The van der Waals surface area contributed by atoms with Gasteiger partial charge in [-0.2, -0.15) is 0 Å². The van der Waals surface area contributed by atoms with E-state index in [4.69, 9.17) is 20.8 Å². The minimum atomic E-state index is -0.894. The van der Waals surface area contributed by atoms with Crippen molar-refractivity contribution < 1.29 is 18.7 Å². The molecule has 1 heterocycles. The zero-order chi connectivity index (χ0) is 24.2. The molecule has 0 spiro atoms. The Morgan fingerprint density at radius 2 is 1.59 bits per heavy atom. The van der Waals surface area contributed by atoms with Crippen molar-refractivity contribution in [1.29, 1.82) is 0 Å². The molecule has 7 nitrogen and oxygen atoms in total. The number of carbonyl (C=O) groups excluding carboxylic acids is 2. The zero-order valence-corrected chi connectivity index (χ0v) is 19.2. The lowest BCUT2D eigenvalue weighted by molar-refractivity contribution is -0.122. The molecule has 8 heteroatoms. The Morgan fingerprint density at radius 1 is 0.941 bits per heavy atom. The first-order valence-electron chi connectivity index (χ1n) is 10.5. The van der Waals surface area contributed by atoms with E-state index in [9.17, 15) is 14.4 Å². The van der Waals surface area contributed by atoms with Gasteiger partial charge in [0.15, 0.2) is 6.10 Å². The minimum Gasteiger partial charge on any atom is -0.479 e. The number of ether oxygens (including phenoxy) is 1. The van der Waals surface area contributed by atoms with Crippen LogP contribution in [0.2, 0.25) is 5.02 Å². The lowest BCUT2D eigenvalue weighted by Gasteiger charge is -2.17. The highest BCUT2D eigenvalue weighted by Crippen LogP contribution is 2.35. The highest BCUT2D eigenvalue weighted by atomic mass is 35.5. The summed E-state index contributed by atoms with van der Waals surface area (Å²) < 4.78 is 11.2. The van der Waals surface area contributed by atoms with Crippen LogP contribution in [0.15, 0.2) is 82.0 Å². The van der Waals surface area contributed by atoms with Crippen LogP contribution in [0.5, 0.6) is 5.75 Å². The molecule has 0 saturated heterocycles. The Morgan fingerprint density at radius 3 is 2.24 bits per heavy atom. The number of carbonyl (C=O) groups is 2. The third kappa shape index (κ3) is 5.27. The summed E-state index contributed by atoms with van der Waals surface area (Å²) in [5.41, 5.74) is 2.49. The molecule has 4 aromatic rings. The Bertz CT molecular complexity index is 1420. The molecule has 4 rings (SSSR count). The van der Waals surface area contributed by atoms with Gasteiger partial charge in [-0.1, -0.05) is 41.9 Å². The van der Waals surface area contributed by atoms with Crippen LogP contribution in [-0.4, -0.2) is 17.9 Å². The quantitative estimate of drug-likeness (QED) is 0.359. The Hall–Kier alpha value is -4.10. The number of fused-ring (bicyclic) bond motifs is 1. The van der Waals surface area contributed by atoms with E-state index in [1.54, 1.807) is 37.3 Å². The molecule has 172 valence electrons. The molecule has 0 saturated carbocycles. The van der Waals surface area contributed by atoms with Gasteiger partial charge >= 0.3 is 5.63 Å². The highest BCUT2D eigenvalue weighted by molar-refractivity contribution is 6.33. The van der Waals surface area contributed by atoms with E-state index in [2.05, 4.69) is 10.6 Å². The Kier molecular flexibility index (Phi) is 6.65. The van der Waals surface area contributed by atoms with Crippen molar-refractivity contribution in [2.45, 2.75) is 20.0 Å². The van der Waals surface area contributed by atoms with Crippen LogP contribution in [0.3, 0.4) is 0 Å². The van der Waals surface area contributed by atoms with Gasteiger partial charge in [-0.05, 0) is 48.4 Å². The van der Waals surface area contributed by atoms with Crippen LogP contribution in [0, 0.1) is 0 Å². The molecule has 0 fully saturated rings.